The molecule has 7 nitrogen and oxygen atoms in total. The molecule has 0 bridgehead atoms. The molecule has 58 valence electrons. The van der Waals surface area contributed by atoms with Crippen molar-refractivity contribution >= 4 is 0 Å². The Hall–Kier alpha value is 1.30. The Labute approximate surface area is 82.9 Å². The summed E-state index contributed by atoms with van der Waals surface area (Å²) in [4.78, 5) is 0. The molecule has 0 aromatic heterocycles. The SMILES string of the molecule is [Na+].[O-][Cl+2]([O-])O.[O-][Cl+3]([O-])([O-])[O-]. The Kier molecular flexibility index (Phi) is 14.6. The number of hydrogen-bond acceptors (Lipinski definition) is 7. The summed E-state index contributed by atoms with van der Waals surface area (Å²) in [5.74, 6) is 0. The molecule has 0 rings (SSSR count). The second-order valence-electron chi connectivity index (χ2n) is 0.579. The first kappa shape index (κ1) is 17.4. The van der Waals surface area contributed by atoms with Crippen molar-refractivity contribution in [2.24, 2.45) is 0 Å². The molecule has 0 saturated carbocycles. The molecule has 10 heteroatoms. The molecule has 0 fully saturated rings. The summed E-state index contributed by atoms with van der Waals surface area (Å²) in [7, 11) is -7.55. The topological polar surface area (TPSA) is 159 Å². The van der Waals surface area contributed by atoms with E-state index in [-0.39, 0.29) is 29.6 Å². The molecule has 10 heavy (non-hydrogen) atoms. The van der Waals surface area contributed by atoms with Crippen molar-refractivity contribution in [2.75, 3.05) is 0 Å². The van der Waals surface area contributed by atoms with E-state index in [1.54, 1.807) is 0 Å². The molecule has 0 atom stereocenters. The first-order valence-corrected chi connectivity index (χ1v) is 3.28. The van der Waals surface area contributed by atoms with Crippen LogP contribution in [0.3, 0.4) is 0 Å². The van der Waals surface area contributed by atoms with E-state index in [0.717, 1.165) is 0 Å². The summed E-state index contributed by atoms with van der Waals surface area (Å²) in [5, 5.41) is 0. The minimum Gasteiger partial charge on any atom is -0.321 e. The summed E-state index contributed by atoms with van der Waals surface area (Å²) in [6.45, 7) is 0. The van der Waals surface area contributed by atoms with Crippen molar-refractivity contribution in [1.29, 1.82) is 0 Å². The smallest absolute Gasteiger partial charge is 0.321 e. The van der Waals surface area contributed by atoms with Gasteiger partial charge < -0.3 is 9.32 Å². The quantitative estimate of drug-likeness (QED) is 0.385. The predicted octanol–water partition coefficient (Wildman–Crippen LogP) is -10.7. The minimum atomic E-state index is -4.94. The molecule has 0 aliphatic rings. The summed E-state index contributed by atoms with van der Waals surface area (Å²) >= 11 is 0. The molecule has 0 spiro atoms. The average molecular weight is 207 g/mol. The zero-order valence-corrected chi connectivity index (χ0v) is 8.16. The van der Waals surface area contributed by atoms with Gasteiger partial charge >= 0.3 is 29.6 Å². The first-order chi connectivity index (χ1) is 3.73. The van der Waals surface area contributed by atoms with Gasteiger partial charge in [-0.2, -0.15) is 0 Å². The van der Waals surface area contributed by atoms with Gasteiger partial charge in [-0.1, -0.05) is 0 Å². The summed E-state index contributed by atoms with van der Waals surface area (Å²) < 4.78 is 57.9. The van der Waals surface area contributed by atoms with E-state index in [9.17, 15) is 0 Å². The third kappa shape index (κ3) is 379. The van der Waals surface area contributed by atoms with Gasteiger partial charge in [-0.25, -0.2) is 18.6 Å². The molecule has 0 aliphatic carbocycles. The second-order valence-corrected chi connectivity index (χ2v) is 1.74. The molecular weight excluding hydrogens is 206 g/mol. The van der Waals surface area contributed by atoms with Crippen LogP contribution >= 0.6 is 0 Å². The van der Waals surface area contributed by atoms with Gasteiger partial charge in [-0.15, -0.1) is 10.2 Å². The summed E-state index contributed by atoms with van der Waals surface area (Å²) in [5.41, 5.74) is 0. The molecule has 0 unspecified atom stereocenters. The molecule has 0 heterocycles. The van der Waals surface area contributed by atoms with Gasteiger partial charge in [-0.05, 0) is 0 Å². The standard InChI is InChI=1S/ClHO4.ClHO3.Na/c2-1(3,4)5;2-1(3)4;/h(H,2,3,4,5);2H;/q;;+1/p-1. The largest absolute Gasteiger partial charge is 1.00 e. The van der Waals surface area contributed by atoms with Gasteiger partial charge in [0.05, 0.1) is 0 Å². The second kappa shape index (κ2) is 8.40. The maximum atomic E-state index is 8.52. The Morgan fingerprint density at radius 1 is 1.00 bits per heavy atom. The fourth-order valence-corrected chi connectivity index (χ4v) is 0. The number of hydrogen-bond donors (Lipinski definition) is 1. The Bertz CT molecular complexity index is 48.4. The minimum absolute atomic E-state index is 0. The Morgan fingerprint density at radius 3 is 1.00 bits per heavy atom. The molecule has 1 N–H and O–H groups in total. The summed E-state index contributed by atoms with van der Waals surface area (Å²) in [6, 6.07) is 0. The van der Waals surface area contributed by atoms with Crippen LogP contribution in [-0.4, -0.2) is 4.66 Å². The van der Waals surface area contributed by atoms with Crippen LogP contribution in [0.1, 0.15) is 0 Å². The molecule has 0 aromatic rings. The van der Waals surface area contributed by atoms with Crippen molar-refractivity contribution in [3.8, 4) is 0 Å². The fourth-order valence-electron chi connectivity index (χ4n) is 0. The number of rotatable bonds is 0. The fraction of sp³-hybridized carbons (Fsp3) is 0. The van der Waals surface area contributed by atoms with E-state index in [1.807, 2.05) is 0 Å². The van der Waals surface area contributed by atoms with E-state index in [0.29, 0.717) is 0 Å². The molecule has 0 saturated heterocycles. The van der Waals surface area contributed by atoms with Crippen molar-refractivity contribution in [2.45, 2.75) is 0 Å². The van der Waals surface area contributed by atoms with E-state index in [1.165, 1.54) is 0 Å². The first-order valence-electron chi connectivity index (χ1n) is 1.09. The van der Waals surface area contributed by atoms with Crippen molar-refractivity contribution < 1.29 is 83.2 Å². The van der Waals surface area contributed by atoms with Crippen molar-refractivity contribution in [1.82, 2.24) is 0 Å². The maximum Gasteiger partial charge on any atom is 1.00 e. The zero-order valence-electron chi connectivity index (χ0n) is 4.65. The maximum absolute atomic E-state index is 8.52. The molecule has 0 aliphatic heterocycles. The third-order valence-corrected chi connectivity index (χ3v) is 0. The van der Waals surface area contributed by atoms with Gasteiger partial charge in [0, 0.05) is 4.66 Å². The van der Waals surface area contributed by atoms with E-state index in [2.05, 4.69) is 0 Å². The van der Waals surface area contributed by atoms with Crippen molar-refractivity contribution in [3.05, 3.63) is 0 Å². The molecule has 0 radical (unpaired) electrons. The molecular formula is HCl2NaO7. The number of halogens is 2. The van der Waals surface area contributed by atoms with Crippen LogP contribution in [0.2, 0.25) is 0 Å². The van der Waals surface area contributed by atoms with E-state index >= 15 is 0 Å². The van der Waals surface area contributed by atoms with E-state index in [4.69, 9.17) is 32.6 Å². The van der Waals surface area contributed by atoms with Crippen LogP contribution in [0, 0.1) is 21.0 Å². The third-order valence-electron chi connectivity index (χ3n) is 0. The van der Waals surface area contributed by atoms with Crippen LogP contribution in [0.5, 0.6) is 0 Å². The van der Waals surface area contributed by atoms with Crippen LogP contribution in [0.4, 0.5) is 0 Å². The van der Waals surface area contributed by atoms with Gasteiger partial charge in [-0.3, -0.25) is 0 Å². The van der Waals surface area contributed by atoms with Crippen LogP contribution in [0.25, 0.3) is 0 Å². The van der Waals surface area contributed by atoms with Crippen LogP contribution in [0.15, 0.2) is 0 Å². The predicted molar refractivity (Wildman–Crippen MR) is 2.22 cm³/mol. The Balaban J connectivity index is -0.0000000910. The molecule has 0 amide bonds. The van der Waals surface area contributed by atoms with Gasteiger partial charge in [0.15, 0.2) is 0 Å². The molecule has 0 aromatic carbocycles. The monoisotopic (exact) mass is 206 g/mol. The average Bonchev–Trinajstić information content (AvgIpc) is 1.19. The Morgan fingerprint density at radius 2 is 1.00 bits per heavy atom. The van der Waals surface area contributed by atoms with Gasteiger partial charge in [0.2, 0.25) is 0 Å². The van der Waals surface area contributed by atoms with Gasteiger partial charge in [0.25, 0.3) is 10.8 Å². The summed E-state index contributed by atoms with van der Waals surface area (Å²) in [6.07, 6.45) is 0. The van der Waals surface area contributed by atoms with Crippen molar-refractivity contribution in [3.63, 3.8) is 0 Å². The van der Waals surface area contributed by atoms with Gasteiger partial charge in [0.1, 0.15) is 0 Å². The normalized spacial score (nSPS) is 9.60. The van der Waals surface area contributed by atoms with Crippen LogP contribution < -0.4 is 57.5 Å². The van der Waals surface area contributed by atoms with Crippen LogP contribution in [-0.2, 0) is 0 Å². The zero-order chi connectivity index (χ0) is 8.08. The van der Waals surface area contributed by atoms with E-state index < -0.39 is 21.0 Å².